The number of benzene rings is 1. The Bertz CT molecular complexity index is 363. The van der Waals surface area contributed by atoms with E-state index in [0.29, 0.717) is 4.90 Å². The first-order chi connectivity index (χ1) is 6.88. The third kappa shape index (κ3) is 4.33. The largest absolute Gasteiger partial charge is 0.484 e. The van der Waals surface area contributed by atoms with E-state index in [1.807, 2.05) is 0 Å². The molecule has 6 heteroatoms. The van der Waals surface area contributed by atoms with Crippen LogP contribution in [0.4, 0.5) is 13.2 Å². The van der Waals surface area contributed by atoms with Crippen molar-refractivity contribution in [1.82, 2.24) is 0 Å². The quantitative estimate of drug-likeness (QED) is 0.808. The molecule has 0 aliphatic rings. The first-order valence-electron chi connectivity index (χ1n) is 4.01. The average molecular weight is 238 g/mol. The topological polar surface area (TPSA) is 26.3 Å². The Morgan fingerprint density at radius 2 is 2.07 bits per heavy atom. The predicted molar refractivity (Wildman–Crippen MR) is 50.3 cm³/mol. The number of rotatable bonds is 3. The number of halogens is 3. The summed E-state index contributed by atoms with van der Waals surface area (Å²) in [4.78, 5) is 0.440. The zero-order valence-electron chi connectivity index (χ0n) is 7.88. The summed E-state index contributed by atoms with van der Waals surface area (Å²) in [5.74, 6) is 0.0695. The van der Waals surface area contributed by atoms with E-state index in [-0.39, 0.29) is 5.75 Å². The van der Waals surface area contributed by atoms with E-state index in [0.717, 1.165) is 0 Å². The molecule has 15 heavy (non-hydrogen) atoms. The molecule has 0 N–H and O–H groups in total. The van der Waals surface area contributed by atoms with Gasteiger partial charge in [0.15, 0.2) is 6.61 Å². The van der Waals surface area contributed by atoms with Crippen LogP contribution in [-0.4, -0.2) is 23.2 Å². The summed E-state index contributed by atoms with van der Waals surface area (Å²) in [5, 5.41) is 0. The van der Waals surface area contributed by atoms with Gasteiger partial charge in [0, 0.05) is 22.0 Å². The Hall–Kier alpha value is -1.04. The molecule has 2 nitrogen and oxygen atoms in total. The fourth-order valence-electron chi connectivity index (χ4n) is 0.908. The van der Waals surface area contributed by atoms with Crippen LogP contribution in [0.3, 0.4) is 0 Å². The Morgan fingerprint density at radius 1 is 1.40 bits per heavy atom. The van der Waals surface area contributed by atoms with Crippen molar-refractivity contribution >= 4 is 10.8 Å². The highest BCUT2D eigenvalue weighted by atomic mass is 32.2. The highest BCUT2D eigenvalue weighted by Gasteiger charge is 2.28. The van der Waals surface area contributed by atoms with Gasteiger partial charge < -0.3 is 4.74 Å². The second-order valence-electron chi connectivity index (χ2n) is 2.83. The van der Waals surface area contributed by atoms with E-state index >= 15 is 0 Å². The zero-order valence-corrected chi connectivity index (χ0v) is 8.69. The zero-order chi connectivity index (χ0) is 11.5. The lowest BCUT2D eigenvalue weighted by molar-refractivity contribution is -0.153. The van der Waals surface area contributed by atoms with Gasteiger partial charge in [-0.15, -0.1) is 0 Å². The third-order valence-corrected chi connectivity index (χ3v) is 2.46. The Labute approximate surface area is 87.5 Å². The Kier molecular flexibility index (Phi) is 3.73. The smallest absolute Gasteiger partial charge is 0.422 e. The summed E-state index contributed by atoms with van der Waals surface area (Å²) in [6.07, 6.45) is -2.91. The third-order valence-electron chi connectivity index (χ3n) is 1.54. The van der Waals surface area contributed by atoms with Crippen LogP contribution in [0.25, 0.3) is 0 Å². The molecule has 0 aliphatic heterocycles. The summed E-state index contributed by atoms with van der Waals surface area (Å²) >= 11 is 0. The average Bonchev–Trinajstić information content (AvgIpc) is 2.14. The first kappa shape index (κ1) is 12.0. The van der Waals surface area contributed by atoms with Crippen LogP contribution < -0.4 is 4.74 Å². The number of alkyl halides is 3. The molecule has 0 amide bonds. The van der Waals surface area contributed by atoms with Gasteiger partial charge in [-0.1, -0.05) is 6.07 Å². The van der Waals surface area contributed by atoms with Crippen LogP contribution in [0.1, 0.15) is 0 Å². The lowest BCUT2D eigenvalue weighted by Crippen LogP contribution is -2.19. The normalized spacial score (nSPS) is 13.6. The van der Waals surface area contributed by atoms with Gasteiger partial charge >= 0.3 is 6.18 Å². The fourth-order valence-corrected chi connectivity index (χ4v) is 1.46. The summed E-state index contributed by atoms with van der Waals surface area (Å²) in [6.45, 7) is -1.34. The molecule has 0 saturated carbocycles. The molecule has 1 rings (SSSR count). The second-order valence-corrected chi connectivity index (χ2v) is 4.21. The SMILES string of the molecule is CS(=O)c1cccc(OCC(F)(F)F)c1. The van der Waals surface area contributed by atoms with E-state index in [4.69, 9.17) is 0 Å². The molecule has 1 aromatic carbocycles. The molecule has 1 atom stereocenters. The lowest BCUT2D eigenvalue weighted by atomic mass is 10.3. The van der Waals surface area contributed by atoms with Crippen molar-refractivity contribution < 1.29 is 22.1 Å². The van der Waals surface area contributed by atoms with Crippen molar-refractivity contribution in [3.8, 4) is 5.75 Å². The molecule has 0 heterocycles. The maximum Gasteiger partial charge on any atom is 0.422 e. The first-order valence-corrected chi connectivity index (χ1v) is 5.57. The minimum Gasteiger partial charge on any atom is -0.484 e. The van der Waals surface area contributed by atoms with E-state index in [1.54, 1.807) is 6.07 Å². The maximum atomic E-state index is 11.8. The van der Waals surface area contributed by atoms with E-state index in [9.17, 15) is 17.4 Å². The number of ether oxygens (including phenoxy) is 1. The van der Waals surface area contributed by atoms with Gasteiger partial charge in [0.2, 0.25) is 0 Å². The number of hydrogen-bond acceptors (Lipinski definition) is 2. The van der Waals surface area contributed by atoms with Gasteiger partial charge in [0.25, 0.3) is 0 Å². The Morgan fingerprint density at radius 3 is 2.60 bits per heavy atom. The van der Waals surface area contributed by atoms with Crippen LogP contribution in [-0.2, 0) is 10.8 Å². The van der Waals surface area contributed by atoms with Crippen molar-refractivity contribution in [1.29, 1.82) is 0 Å². The summed E-state index contributed by atoms with van der Waals surface area (Å²) in [6, 6.07) is 5.79. The molecule has 84 valence electrons. The van der Waals surface area contributed by atoms with Gasteiger partial charge in [-0.05, 0) is 18.2 Å². The summed E-state index contributed by atoms with van der Waals surface area (Å²) < 4.78 is 51.0. The summed E-state index contributed by atoms with van der Waals surface area (Å²) in [5.41, 5.74) is 0. The maximum absolute atomic E-state index is 11.8. The second kappa shape index (κ2) is 4.65. The lowest BCUT2D eigenvalue weighted by Gasteiger charge is -2.09. The minimum absolute atomic E-state index is 0.0695. The van der Waals surface area contributed by atoms with Crippen molar-refractivity contribution in [2.75, 3.05) is 12.9 Å². The van der Waals surface area contributed by atoms with E-state index in [2.05, 4.69) is 4.74 Å². The highest BCUT2D eigenvalue weighted by molar-refractivity contribution is 7.84. The molecular formula is C9H9F3O2S. The predicted octanol–water partition coefficient (Wildman–Crippen LogP) is 2.37. The molecule has 0 saturated heterocycles. The van der Waals surface area contributed by atoms with Crippen LogP contribution in [0.2, 0.25) is 0 Å². The van der Waals surface area contributed by atoms with Crippen LogP contribution in [0, 0.1) is 0 Å². The van der Waals surface area contributed by atoms with Crippen molar-refractivity contribution in [2.45, 2.75) is 11.1 Å². The standard InChI is InChI=1S/C9H9F3O2S/c1-15(13)8-4-2-3-7(5-8)14-6-9(10,11)12/h2-5H,6H2,1H3. The van der Waals surface area contributed by atoms with Crippen LogP contribution in [0.15, 0.2) is 29.2 Å². The van der Waals surface area contributed by atoms with Crippen LogP contribution >= 0.6 is 0 Å². The fraction of sp³-hybridized carbons (Fsp3) is 0.333. The number of hydrogen-bond donors (Lipinski definition) is 0. The molecular weight excluding hydrogens is 229 g/mol. The molecule has 0 aromatic heterocycles. The molecule has 1 aromatic rings. The van der Waals surface area contributed by atoms with E-state index < -0.39 is 23.6 Å². The van der Waals surface area contributed by atoms with Crippen molar-refractivity contribution in [2.24, 2.45) is 0 Å². The monoisotopic (exact) mass is 238 g/mol. The molecule has 0 bridgehead atoms. The molecule has 0 aliphatic carbocycles. The molecule has 1 unspecified atom stereocenters. The van der Waals surface area contributed by atoms with Gasteiger partial charge in [0.1, 0.15) is 5.75 Å². The van der Waals surface area contributed by atoms with Crippen molar-refractivity contribution in [3.63, 3.8) is 0 Å². The Balaban J connectivity index is 2.70. The van der Waals surface area contributed by atoms with Gasteiger partial charge in [0.05, 0.1) is 0 Å². The van der Waals surface area contributed by atoms with E-state index in [1.165, 1.54) is 24.5 Å². The molecule has 0 spiro atoms. The van der Waals surface area contributed by atoms with Gasteiger partial charge in [-0.3, -0.25) is 4.21 Å². The highest BCUT2D eigenvalue weighted by Crippen LogP contribution is 2.20. The summed E-state index contributed by atoms with van der Waals surface area (Å²) in [7, 11) is -1.23. The molecule has 0 radical (unpaired) electrons. The minimum atomic E-state index is -4.36. The molecule has 0 fully saturated rings. The van der Waals surface area contributed by atoms with Gasteiger partial charge in [-0.25, -0.2) is 0 Å². The van der Waals surface area contributed by atoms with Crippen molar-refractivity contribution in [3.05, 3.63) is 24.3 Å². The van der Waals surface area contributed by atoms with Crippen LogP contribution in [0.5, 0.6) is 5.75 Å². The van der Waals surface area contributed by atoms with Gasteiger partial charge in [-0.2, -0.15) is 13.2 Å².